The Labute approximate surface area is 85.1 Å². The summed E-state index contributed by atoms with van der Waals surface area (Å²) >= 11 is 0. The van der Waals surface area contributed by atoms with Gasteiger partial charge in [0.2, 0.25) is 0 Å². The Morgan fingerprint density at radius 2 is 2.29 bits per heavy atom. The molecule has 1 aliphatic heterocycles. The molecule has 1 aliphatic rings. The van der Waals surface area contributed by atoms with Gasteiger partial charge in [-0.2, -0.15) is 0 Å². The van der Waals surface area contributed by atoms with E-state index in [1.165, 1.54) is 5.56 Å². The number of hydrogen-bond donors (Lipinski definition) is 1. The molecule has 3 heteroatoms. The van der Waals surface area contributed by atoms with Crippen molar-refractivity contribution in [1.29, 1.82) is 0 Å². The van der Waals surface area contributed by atoms with E-state index in [-0.39, 0.29) is 0 Å². The summed E-state index contributed by atoms with van der Waals surface area (Å²) in [5.74, 6) is 0.646. The van der Waals surface area contributed by atoms with Gasteiger partial charge in [-0.15, -0.1) is 0 Å². The standard InChI is InChI=1S/C11H15BO2/c1-8(2)5-9-3-4-10-7-14-12(13)11(10)6-9/h3-4,6,8,13H,5,7H2,1-2H3. The van der Waals surface area contributed by atoms with Crippen LogP contribution >= 0.6 is 0 Å². The highest BCUT2D eigenvalue weighted by atomic mass is 16.5. The zero-order chi connectivity index (χ0) is 10.1. The molecule has 14 heavy (non-hydrogen) atoms. The monoisotopic (exact) mass is 190 g/mol. The van der Waals surface area contributed by atoms with E-state index in [9.17, 15) is 5.02 Å². The lowest BCUT2D eigenvalue weighted by molar-refractivity contribution is 0.275. The van der Waals surface area contributed by atoms with Crippen LogP contribution in [-0.2, 0) is 17.7 Å². The first-order valence-corrected chi connectivity index (χ1v) is 5.08. The second kappa shape index (κ2) is 3.75. The predicted octanol–water partition coefficient (Wildman–Crippen LogP) is 1.10. The minimum atomic E-state index is -0.711. The first-order chi connectivity index (χ1) is 6.66. The van der Waals surface area contributed by atoms with Gasteiger partial charge in [0.25, 0.3) is 0 Å². The maximum atomic E-state index is 9.52. The van der Waals surface area contributed by atoms with Crippen LogP contribution in [0.3, 0.4) is 0 Å². The van der Waals surface area contributed by atoms with Gasteiger partial charge >= 0.3 is 7.12 Å². The van der Waals surface area contributed by atoms with Crippen LogP contribution in [0.5, 0.6) is 0 Å². The Kier molecular flexibility index (Phi) is 2.61. The zero-order valence-corrected chi connectivity index (χ0v) is 8.66. The third-order valence-corrected chi connectivity index (χ3v) is 2.52. The van der Waals surface area contributed by atoms with Crippen LogP contribution < -0.4 is 5.46 Å². The Balaban J connectivity index is 2.26. The molecule has 1 aromatic carbocycles. The number of rotatable bonds is 2. The van der Waals surface area contributed by atoms with Crippen LogP contribution in [0, 0.1) is 5.92 Å². The molecule has 0 saturated carbocycles. The first-order valence-electron chi connectivity index (χ1n) is 5.08. The summed E-state index contributed by atoms with van der Waals surface area (Å²) in [5, 5.41) is 9.52. The van der Waals surface area contributed by atoms with Gasteiger partial charge in [0.1, 0.15) is 0 Å². The van der Waals surface area contributed by atoms with Gasteiger partial charge in [0.15, 0.2) is 0 Å². The average Bonchev–Trinajstić information content (AvgIpc) is 2.47. The second-order valence-electron chi connectivity index (χ2n) is 4.29. The first kappa shape index (κ1) is 9.75. The molecule has 74 valence electrons. The quantitative estimate of drug-likeness (QED) is 0.707. The van der Waals surface area contributed by atoms with Crippen LogP contribution in [0.4, 0.5) is 0 Å². The summed E-state index contributed by atoms with van der Waals surface area (Å²) in [6.07, 6.45) is 1.06. The molecule has 0 fully saturated rings. The van der Waals surface area contributed by atoms with Gasteiger partial charge < -0.3 is 9.68 Å². The highest BCUT2D eigenvalue weighted by Crippen LogP contribution is 2.13. The Hall–Kier alpha value is -0.795. The molecule has 0 atom stereocenters. The zero-order valence-electron chi connectivity index (χ0n) is 8.66. The predicted molar refractivity (Wildman–Crippen MR) is 57.4 cm³/mol. The van der Waals surface area contributed by atoms with Crippen molar-refractivity contribution >= 4 is 12.6 Å². The maximum absolute atomic E-state index is 9.52. The third-order valence-electron chi connectivity index (χ3n) is 2.52. The molecule has 0 aliphatic carbocycles. The van der Waals surface area contributed by atoms with E-state index < -0.39 is 7.12 Å². The van der Waals surface area contributed by atoms with Crippen LogP contribution in [-0.4, -0.2) is 12.1 Å². The molecule has 1 aromatic rings. The van der Waals surface area contributed by atoms with Crippen molar-refractivity contribution in [3.63, 3.8) is 0 Å². The van der Waals surface area contributed by atoms with Gasteiger partial charge in [0.05, 0.1) is 6.61 Å². The van der Waals surface area contributed by atoms with Crippen molar-refractivity contribution in [3.05, 3.63) is 29.3 Å². The summed E-state index contributed by atoms with van der Waals surface area (Å²) in [5.41, 5.74) is 3.34. The van der Waals surface area contributed by atoms with Crippen LogP contribution in [0.15, 0.2) is 18.2 Å². The fourth-order valence-corrected chi connectivity index (χ4v) is 1.86. The van der Waals surface area contributed by atoms with Crippen molar-refractivity contribution in [1.82, 2.24) is 0 Å². The molecule has 0 amide bonds. The molecular weight excluding hydrogens is 175 g/mol. The molecule has 2 rings (SSSR count). The lowest BCUT2D eigenvalue weighted by Gasteiger charge is -2.06. The fraction of sp³-hybridized carbons (Fsp3) is 0.455. The molecule has 1 N–H and O–H groups in total. The minimum Gasteiger partial charge on any atom is -0.423 e. The highest BCUT2D eigenvalue weighted by molar-refractivity contribution is 6.61. The van der Waals surface area contributed by atoms with Gasteiger partial charge in [-0.05, 0) is 28.9 Å². The van der Waals surface area contributed by atoms with Crippen molar-refractivity contribution in [2.24, 2.45) is 5.92 Å². The molecule has 2 nitrogen and oxygen atoms in total. The lowest BCUT2D eigenvalue weighted by atomic mass is 9.78. The molecular formula is C11H15BO2. The normalized spacial score (nSPS) is 15.0. The van der Waals surface area contributed by atoms with Crippen molar-refractivity contribution < 1.29 is 9.68 Å². The second-order valence-corrected chi connectivity index (χ2v) is 4.29. The van der Waals surface area contributed by atoms with Gasteiger partial charge in [0, 0.05) is 0 Å². The van der Waals surface area contributed by atoms with Gasteiger partial charge in [-0.1, -0.05) is 32.0 Å². The average molecular weight is 190 g/mol. The van der Waals surface area contributed by atoms with E-state index in [1.807, 2.05) is 0 Å². The number of fused-ring (bicyclic) bond motifs is 1. The van der Waals surface area contributed by atoms with Crippen LogP contribution in [0.2, 0.25) is 0 Å². The summed E-state index contributed by atoms with van der Waals surface area (Å²) in [7, 11) is -0.711. The topological polar surface area (TPSA) is 29.5 Å². The summed E-state index contributed by atoms with van der Waals surface area (Å²) < 4.78 is 5.14. The number of hydrogen-bond acceptors (Lipinski definition) is 2. The van der Waals surface area contributed by atoms with E-state index in [1.54, 1.807) is 0 Å². The largest absolute Gasteiger partial charge is 0.491 e. The Morgan fingerprint density at radius 3 is 3.00 bits per heavy atom. The molecule has 0 aromatic heterocycles. The Morgan fingerprint density at radius 1 is 1.50 bits per heavy atom. The molecule has 0 bridgehead atoms. The molecule has 1 heterocycles. The molecule has 0 radical (unpaired) electrons. The molecule has 0 unspecified atom stereocenters. The van der Waals surface area contributed by atoms with Crippen molar-refractivity contribution in [2.45, 2.75) is 26.9 Å². The van der Waals surface area contributed by atoms with Gasteiger partial charge in [-0.3, -0.25) is 0 Å². The minimum absolute atomic E-state index is 0.540. The number of benzene rings is 1. The van der Waals surface area contributed by atoms with Crippen molar-refractivity contribution in [3.8, 4) is 0 Å². The van der Waals surface area contributed by atoms with E-state index in [4.69, 9.17) is 4.65 Å². The third kappa shape index (κ3) is 1.84. The smallest absolute Gasteiger partial charge is 0.423 e. The van der Waals surface area contributed by atoms with E-state index in [0.717, 1.165) is 17.4 Å². The summed E-state index contributed by atoms with van der Waals surface area (Å²) in [4.78, 5) is 0. The lowest BCUT2D eigenvalue weighted by Crippen LogP contribution is -2.28. The van der Waals surface area contributed by atoms with Crippen molar-refractivity contribution in [2.75, 3.05) is 0 Å². The van der Waals surface area contributed by atoms with Gasteiger partial charge in [-0.25, -0.2) is 0 Å². The van der Waals surface area contributed by atoms with E-state index in [2.05, 4.69) is 32.0 Å². The van der Waals surface area contributed by atoms with E-state index in [0.29, 0.717) is 12.5 Å². The fourth-order valence-electron chi connectivity index (χ4n) is 1.86. The Bertz CT molecular complexity index is 336. The van der Waals surface area contributed by atoms with Crippen LogP contribution in [0.1, 0.15) is 25.0 Å². The molecule has 0 spiro atoms. The maximum Gasteiger partial charge on any atom is 0.491 e. The van der Waals surface area contributed by atoms with Crippen LogP contribution in [0.25, 0.3) is 0 Å². The SMILES string of the molecule is CC(C)Cc1ccc2c(c1)B(O)OC2. The van der Waals surface area contributed by atoms with E-state index >= 15 is 0 Å². The summed E-state index contributed by atoms with van der Waals surface area (Å²) in [6.45, 7) is 4.93. The summed E-state index contributed by atoms with van der Waals surface area (Å²) in [6, 6.07) is 6.25. The molecule has 0 saturated heterocycles. The highest BCUT2D eigenvalue weighted by Gasteiger charge is 2.26.